The van der Waals surface area contributed by atoms with Crippen LogP contribution in [-0.4, -0.2) is 30.5 Å². The molecule has 2 heterocycles. The maximum absolute atomic E-state index is 12.1. The first-order chi connectivity index (χ1) is 10.2. The highest BCUT2D eigenvalue weighted by Gasteiger charge is 2.28. The third kappa shape index (κ3) is 3.28. The third-order valence-corrected chi connectivity index (χ3v) is 4.64. The molecule has 0 spiro atoms. The van der Waals surface area contributed by atoms with E-state index in [1.165, 1.54) is 22.0 Å². The van der Waals surface area contributed by atoms with E-state index >= 15 is 0 Å². The summed E-state index contributed by atoms with van der Waals surface area (Å²) in [7, 11) is 0. The van der Waals surface area contributed by atoms with Gasteiger partial charge >= 0.3 is 0 Å². The fraction of sp³-hybridized carbons (Fsp3) is 0.471. The molecule has 1 atom stereocenters. The number of hydrogen-bond donors (Lipinski definition) is 3. The number of nitrogens with one attached hydrogen (secondary N) is 3. The van der Waals surface area contributed by atoms with Crippen molar-refractivity contribution in [2.24, 2.45) is 11.8 Å². The topological polar surface area (TPSA) is 56.9 Å². The van der Waals surface area contributed by atoms with Crippen LogP contribution in [0.3, 0.4) is 0 Å². The van der Waals surface area contributed by atoms with Crippen molar-refractivity contribution in [2.75, 3.05) is 19.6 Å². The highest BCUT2D eigenvalue weighted by molar-refractivity contribution is 5.86. The lowest BCUT2D eigenvalue weighted by Gasteiger charge is -2.31. The first-order valence-corrected chi connectivity index (χ1v) is 7.71. The van der Waals surface area contributed by atoms with Crippen molar-refractivity contribution in [1.29, 1.82) is 0 Å². The molecule has 1 fully saturated rings. The largest absolute Gasteiger partial charge is 0.361 e. The van der Waals surface area contributed by atoms with Crippen molar-refractivity contribution in [1.82, 2.24) is 15.6 Å². The number of H-pyrrole nitrogens is 1. The van der Waals surface area contributed by atoms with Crippen LogP contribution < -0.4 is 10.6 Å². The summed E-state index contributed by atoms with van der Waals surface area (Å²) in [4.78, 5) is 15.4. The normalized spacial score (nSPS) is 15.9. The second-order valence-corrected chi connectivity index (χ2v) is 6.06. The lowest BCUT2D eigenvalue weighted by atomic mass is 9.88. The number of benzene rings is 1. The van der Waals surface area contributed by atoms with Crippen LogP contribution in [0.5, 0.6) is 0 Å². The number of para-hydroxylation sites is 1. The van der Waals surface area contributed by atoms with Gasteiger partial charge in [0.05, 0.1) is 0 Å². The molecule has 3 N–H and O–H groups in total. The number of amides is 1. The van der Waals surface area contributed by atoms with Gasteiger partial charge in [-0.05, 0) is 43.5 Å². The number of fused-ring (bicyclic) bond motifs is 1. The fourth-order valence-electron chi connectivity index (χ4n) is 2.93. The summed E-state index contributed by atoms with van der Waals surface area (Å²) in [5.41, 5.74) is 3.73. The molecule has 5 heteroatoms. The minimum Gasteiger partial charge on any atom is -0.361 e. The van der Waals surface area contributed by atoms with Crippen molar-refractivity contribution in [2.45, 2.75) is 20.3 Å². The van der Waals surface area contributed by atoms with Gasteiger partial charge in [-0.1, -0.05) is 25.1 Å². The average Bonchev–Trinajstić information content (AvgIpc) is 2.81. The Labute approximate surface area is 137 Å². The van der Waals surface area contributed by atoms with Crippen molar-refractivity contribution >= 4 is 29.2 Å². The van der Waals surface area contributed by atoms with Crippen LogP contribution in [0.1, 0.15) is 18.1 Å². The van der Waals surface area contributed by atoms with Crippen LogP contribution in [0.2, 0.25) is 0 Å². The van der Waals surface area contributed by atoms with Gasteiger partial charge in [0.15, 0.2) is 0 Å². The summed E-state index contributed by atoms with van der Waals surface area (Å²) in [6.07, 6.45) is 2.92. The molecule has 3 rings (SSSR count). The van der Waals surface area contributed by atoms with Gasteiger partial charge in [-0.2, -0.15) is 0 Å². The molecule has 1 aliphatic rings. The minimum atomic E-state index is 0. The van der Waals surface area contributed by atoms with E-state index in [0.717, 1.165) is 19.5 Å². The predicted molar refractivity (Wildman–Crippen MR) is 92.5 cm³/mol. The van der Waals surface area contributed by atoms with Crippen molar-refractivity contribution in [3.63, 3.8) is 0 Å². The Morgan fingerprint density at radius 2 is 2.18 bits per heavy atom. The summed E-state index contributed by atoms with van der Waals surface area (Å²) < 4.78 is 0. The number of rotatable bonds is 5. The smallest absolute Gasteiger partial charge is 0.223 e. The molecule has 120 valence electrons. The van der Waals surface area contributed by atoms with Gasteiger partial charge < -0.3 is 15.6 Å². The molecule has 1 saturated heterocycles. The summed E-state index contributed by atoms with van der Waals surface area (Å²) in [6.45, 7) is 6.77. The molecule has 0 bridgehead atoms. The summed E-state index contributed by atoms with van der Waals surface area (Å²) >= 11 is 0. The number of aryl methyl sites for hydroxylation is 1. The Morgan fingerprint density at radius 1 is 1.41 bits per heavy atom. The molecule has 0 saturated carbocycles. The van der Waals surface area contributed by atoms with Crippen LogP contribution >= 0.6 is 12.4 Å². The summed E-state index contributed by atoms with van der Waals surface area (Å²) in [6, 6.07) is 6.33. The van der Waals surface area contributed by atoms with Crippen LogP contribution in [0.25, 0.3) is 10.9 Å². The zero-order chi connectivity index (χ0) is 14.8. The van der Waals surface area contributed by atoms with Gasteiger partial charge in [-0.15, -0.1) is 12.4 Å². The number of aromatic amines is 1. The Kier molecular flexibility index (Phi) is 5.48. The van der Waals surface area contributed by atoms with Gasteiger partial charge in [-0.25, -0.2) is 0 Å². The maximum Gasteiger partial charge on any atom is 0.223 e. The van der Waals surface area contributed by atoms with Crippen molar-refractivity contribution in [3.05, 3.63) is 35.5 Å². The number of carbonyl (C=O) groups excluding carboxylic acids is 1. The van der Waals surface area contributed by atoms with Gasteiger partial charge in [0.1, 0.15) is 0 Å². The third-order valence-electron chi connectivity index (χ3n) is 4.64. The number of hydrogen-bond acceptors (Lipinski definition) is 2. The first kappa shape index (κ1) is 16.8. The van der Waals surface area contributed by atoms with Gasteiger partial charge in [0, 0.05) is 29.6 Å². The van der Waals surface area contributed by atoms with E-state index in [1.807, 2.05) is 6.92 Å². The van der Waals surface area contributed by atoms with Crippen LogP contribution in [0, 0.1) is 18.8 Å². The number of carbonyl (C=O) groups is 1. The second-order valence-electron chi connectivity index (χ2n) is 6.06. The first-order valence-electron chi connectivity index (χ1n) is 7.71. The fourth-order valence-corrected chi connectivity index (χ4v) is 2.93. The van der Waals surface area contributed by atoms with Gasteiger partial charge in [0.25, 0.3) is 0 Å². The Bertz CT molecular complexity index is 648. The molecule has 4 nitrogen and oxygen atoms in total. The highest BCUT2D eigenvalue weighted by atomic mass is 35.5. The monoisotopic (exact) mass is 321 g/mol. The number of halogens is 1. The summed E-state index contributed by atoms with van der Waals surface area (Å²) in [5.74, 6) is 0.787. The van der Waals surface area contributed by atoms with E-state index in [0.29, 0.717) is 12.5 Å². The lowest BCUT2D eigenvalue weighted by Crippen LogP contribution is -2.49. The number of aromatic nitrogens is 1. The zero-order valence-electron chi connectivity index (χ0n) is 13.1. The molecule has 2 aromatic rings. The maximum atomic E-state index is 12.1. The second kappa shape index (κ2) is 7.16. The average molecular weight is 322 g/mol. The molecule has 0 radical (unpaired) electrons. The van der Waals surface area contributed by atoms with E-state index in [-0.39, 0.29) is 24.2 Å². The summed E-state index contributed by atoms with van der Waals surface area (Å²) in [5, 5.41) is 7.55. The van der Waals surface area contributed by atoms with Gasteiger partial charge in [0.2, 0.25) is 5.91 Å². The minimum absolute atomic E-state index is 0. The van der Waals surface area contributed by atoms with Gasteiger partial charge in [-0.3, -0.25) is 4.79 Å². The molecule has 0 aliphatic carbocycles. The SMILES string of the molecule is Cc1cccc2c(CCNC(=O)C(C)C3CNC3)c[nH]c12.Cl. The molecular weight excluding hydrogens is 298 g/mol. The Hall–Kier alpha value is -1.52. The van der Waals surface area contributed by atoms with Crippen LogP contribution in [0.15, 0.2) is 24.4 Å². The van der Waals surface area contributed by atoms with E-state index in [9.17, 15) is 4.79 Å². The molecule has 1 unspecified atom stereocenters. The van der Waals surface area contributed by atoms with E-state index in [4.69, 9.17) is 0 Å². The molecule has 22 heavy (non-hydrogen) atoms. The van der Waals surface area contributed by atoms with E-state index in [1.54, 1.807) is 0 Å². The Balaban J connectivity index is 0.00000176. The molecule has 1 aromatic heterocycles. The molecule has 1 aliphatic heterocycles. The lowest BCUT2D eigenvalue weighted by molar-refractivity contribution is -0.126. The van der Waals surface area contributed by atoms with Crippen LogP contribution in [0.4, 0.5) is 0 Å². The van der Waals surface area contributed by atoms with E-state index in [2.05, 4.69) is 46.9 Å². The van der Waals surface area contributed by atoms with Crippen molar-refractivity contribution in [3.8, 4) is 0 Å². The quantitative estimate of drug-likeness (QED) is 0.792. The van der Waals surface area contributed by atoms with Crippen molar-refractivity contribution < 1.29 is 4.79 Å². The Morgan fingerprint density at radius 3 is 2.86 bits per heavy atom. The molecule has 1 aromatic carbocycles. The highest BCUT2D eigenvalue weighted by Crippen LogP contribution is 2.21. The van der Waals surface area contributed by atoms with E-state index < -0.39 is 0 Å². The zero-order valence-corrected chi connectivity index (χ0v) is 13.9. The standard InChI is InChI=1S/C17H23N3O.ClH/c1-11-4-3-5-15-13(10-20-16(11)15)6-7-19-17(21)12(2)14-8-18-9-14;/h3-5,10,12,14,18,20H,6-9H2,1-2H3,(H,19,21);1H. The predicted octanol–water partition coefficient (Wildman–Crippen LogP) is 2.41. The molecular formula is C17H24ClN3O. The van der Waals surface area contributed by atoms with Crippen LogP contribution in [-0.2, 0) is 11.2 Å². The molecule has 1 amide bonds.